The number of ether oxygens (including phenoxy) is 5. The lowest BCUT2D eigenvalue weighted by molar-refractivity contribution is -0.197. The lowest BCUT2D eigenvalue weighted by Crippen LogP contribution is -2.44. The van der Waals surface area contributed by atoms with Crippen LogP contribution in [0, 0.1) is 0 Å². The number of hydrogen-bond donors (Lipinski definition) is 1. The van der Waals surface area contributed by atoms with E-state index in [-0.39, 0.29) is 13.2 Å². The van der Waals surface area contributed by atoms with E-state index in [4.69, 9.17) is 23.7 Å². The van der Waals surface area contributed by atoms with Gasteiger partial charge in [-0.15, -0.1) is 0 Å². The SMILES string of the molecule is CCOC(=O)NC1O[C@H](COC(c2ccccc2)(c2ccccc2)c2ccccc2)[C@H]2OC(C)(C)O[C@@H]12. The molecule has 3 aromatic carbocycles. The molecule has 1 unspecified atom stereocenters. The smallest absolute Gasteiger partial charge is 0.409 e. The number of alkyl carbamates (subject to hydrolysis) is 1. The van der Waals surface area contributed by atoms with Crippen LogP contribution in [0.25, 0.3) is 0 Å². The van der Waals surface area contributed by atoms with E-state index in [1.165, 1.54) is 0 Å². The highest BCUT2D eigenvalue weighted by molar-refractivity contribution is 5.67. The van der Waals surface area contributed by atoms with Gasteiger partial charge in [-0.2, -0.15) is 0 Å². The molecule has 0 aromatic heterocycles. The van der Waals surface area contributed by atoms with Gasteiger partial charge in [0.05, 0.1) is 13.2 Å². The molecule has 2 fully saturated rings. The van der Waals surface area contributed by atoms with Gasteiger partial charge in [-0.05, 0) is 37.5 Å². The van der Waals surface area contributed by atoms with E-state index in [0.29, 0.717) is 0 Å². The topological polar surface area (TPSA) is 75.3 Å². The lowest BCUT2D eigenvalue weighted by Gasteiger charge is -2.37. The monoisotopic (exact) mass is 503 g/mol. The van der Waals surface area contributed by atoms with Crippen molar-refractivity contribution in [1.82, 2.24) is 5.32 Å². The fourth-order valence-corrected chi connectivity index (χ4v) is 5.20. The zero-order valence-corrected chi connectivity index (χ0v) is 21.3. The molecule has 0 aliphatic carbocycles. The van der Waals surface area contributed by atoms with E-state index in [2.05, 4.69) is 41.7 Å². The maximum atomic E-state index is 12.2. The number of carbonyl (C=O) groups excluding carboxylic acids is 1. The van der Waals surface area contributed by atoms with Crippen LogP contribution in [0.2, 0.25) is 0 Å². The minimum Gasteiger partial charge on any atom is -0.450 e. The summed E-state index contributed by atoms with van der Waals surface area (Å²) in [5.74, 6) is -0.818. The molecule has 2 heterocycles. The van der Waals surface area contributed by atoms with Crippen molar-refractivity contribution < 1.29 is 28.5 Å². The maximum Gasteiger partial charge on any atom is 0.409 e. The number of nitrogens with one attached hydrogen (secondary N) is 1. The maximum absolute atomic E-state index is 12.2. The van der Waals surface area contributed by atoms with Crippen LogP contribution in [0.15, 0.2) is 91.0 Å². The third-order valence-electron chi connectivity index (χ3n) is 6.69. The van der Waals surface area contributed by atoms with E-state index in [9.17, 15) is 4.79 Å². The van der Waals surface area contributed by atoms with Crippen molar-refractivity contribution in [2.75, 3.05) is 13.2 Å². The first-order chi connectivity index (χ1) is 17.9. The molecule has 2 aliphatic rings. The second-order valence-corrected chi connectivity index (χ2v) is 9.61. The van der Waals surface area contributed by atoms with Crippen molar-refractivity contribution >= 4 is 6.09 Å². The summed E-state index contributed by atoms with van der Waals surface area (Å²) in [5.41, 5.74) is 2.08. The first-order valence-electron chi connectivity index (χ1n) is 12.7. The number of carbonyl (C=O) groups is 1. The van der Waals surface area contributed by atoms with Gasteiger partial charge in [-0.1, -0.05) is 91.0 Å². The Morgan fingerprint density at radius 2 is 1.32 bits per heavy atom. The van der Waals surface area contributed by atoms with Crippen LogP contribution in [0.4, 0.5) is 4.79 Å². The van der Waals surface area contributed by atoms with E-state index in [1.807, 2.05) is 68.4 Å². The summed E-state index contributed by atoms with van der Waals surface area (Å²) < 4.78 is 30.6. The molecule has 1 N–H and O–H groups in total. The van der Waals surface area contributed by atoms with Crippen molar-refractivity contribution in [3.63, 3.8) is 0 Å². The van der Waals surface area contributed by atoms with Gasteiger partial charge in [0.1, 0.15) is 23.9 Å². The first-order valence-corrected chi connectivity index (χ1v) is 12.7. The summed E-state index contributed by atoms with van der Waals surface area (Å²) in [7, 11) is 0. The van der Waals surface area contributed by atoms with Crippen molar-refractivity contribution in [1.29, 1.82) is 0 Å². The number of fused-ring (bicyclic) bond motifs is 1. The molecule has 3 aromatic rings. The van der Waals surface area contributed by atoms with Crippen LogP contribution in [0.5, 0.6) is 0 Å². The Kier molecular flexibility index (Phi) is 7.31. The third kappa shape index (κ3) is 5.13. The molecule has 7 heteroatoms. The zero-order chi connectivity index (χ0) is 25.9. The summed E-state index contributed by atoms with van der Waals surface area (Å²) in [6.07, 6.45) is -2.70. The first kappa shape index (κ1) is 25.4. The zero-order valence-electron chi connectivity index (χ0n) is 21.3. The van der Waals surface area contributed by atoms with Crippen LogP contribution >= 0.6 is 0 Å². The summed E-state index contributed by atoms with van der Waals surface area (Å²) in [5, 5.41) is 2.77. The van der Waals surface area contributed by atoms with Gasteiger partial charge < -0.3 is 23.7 Å². The second kappa shape index (κ2) is 10.6. The van der Waals surface area contributed by atoms with E-state index in [1.54, 1.807) is 6.92 Å². The minimum atomic E-state index is -0.899. The largest absolute Gasteiger partial charge is 0.450 e. The van der Waals surface area contributed by atoms with Crippen LogP contribution in [-0.4, -0.2) is 49.6 Å². The average molecular weight is 504 g/mol. The minimum absolute atomic E-state index is 0.195. The molecule has 1 amide bonds. The molecule has 194 valence electrons. The van der Waals surface area contributed by atoms with Crippen LogP contribution in [0.1, 0.15) is 37.5 Å². The van der Waals surface area contributed by atoms with Crippen molar-refractivity contribution in [3.05, 3.63) is 108 Å². The van der Waals surface area contributed by atoms with Gasteiger partial charge >= 0.3 is 6.09 Å². The van der Waals surface area contributed by atoms with Gasteiger partial charge in [0, 0.05) is 0 Å². The number of amides is 1. The summed E-state index contributed by atoms with van der Waals surface area (Å²) in [6, 6.07) is 30.5. The Balaban J connectivity index is 1.50. The predicted molar refractivity (Wildman–Crippen MR) is 138 cm³/mol. The molecule has 7 nitrogen and oxygen atoms in total. The Labute approximate surface area is 217 Å². The van der Waals surface area contributed by atoms with Crippen molar-refractivity contribution in [2.45, 2.75) is 56.7 Å². The molecule has 5 rings (SSSR count). The van der Waals surface area contributed by atoms with Crippen LogP contribution in [0.3, 0.4) is 0 Å². The lowest BCUT2D eigenvalue weighted by atomic mass is 9.80. The molecular weight excluding hydrogens is 470 g/mol. The Morgan fingerprint density at radius 3 is 1.81 bits per heavy atom. The molecular formula is C30H33NO6. The molecule has 0 saturated carbocycles. The normalized spacial score (nSPS) is 24.4. The molecule has 2 aliphatic heterocycles. The van der Waals surface area contributed by atoms with Crippen LogP contribution < -0.4 is 5.32 Å². The summed E-state index contributed by atoms with van der Waals surface area (Å²) >= 11 is 0. The van der Waals surface area contributed by atoms with Gasteiger partial charge in [-0.25, -0.2) is 4.79 Å². The second-order valence-electron chi connectivity index (χ2n) is 9.61. The Bertz CT molecular complexity index is 1070. The van der Waals surface area contributed by atoms with E-state index in [0.717, 1.165) is 16.7 Å². The number of hydrogen-bond acceptors (Lipinski definition) is 6. The predicted octanol–water partition coefficient (Wildman–Crippen LogP) is 4.99. The highest BCUT2D eigenvalue weighted by Gasteiger charge is 2.56. The third-order valence-corrected chi connectivity index (χ3v) is 6.69. The van der Waals surface area contributed by atoms with Gasteiger partial charge in [0.25, 0.3) is 0 Å². The van der Waals surface area contributed by atoms with E-state index < -0.39 is 42.0 Å². The van der Waals surface area contributed by atoms with Crippen molar-refractivity contribution in [2.24, 2.45) is 0 Å². The summed E-state index contributed by atoms with van der Waals surface area (Å²) in [4.78, 5) is 12.2. The number of benzene rings is 3. The van der Waals surface area contributed by atoms with Gasteiger partial charge in [0.15, 0.2) is 12.0 Å². The molecule has 0 spiro atoms. The summed E-state index contributed by atoms with van der Waals surface area (Å²) in [6.45, 7) is 5.92. The fourth-order valence-electron chi connectivity index (χ4n) is 5.20. The van der Waals surface area contributed by atoms with E-state index >= 15 is 0 Å². The molecule has 0 radical (unpaired) electrons. The highest BCUT2D eigenvalue weighted by atomic mass is 16.8. The molecule has 4 atom stereocenters. The Morgan fingerprint density at radius 1 is 0.838 bits per heavy atom. The fraction of sp³-hybridized carbons (Fsp3) is 0.367. The Hall–Kier alpha value is -3.23. The van der Waals surface area contributed by atoms with Crippen LogP contribution in [-0.2, 0) is 29.3 Å². The highest BCUT2D eigenvalue weighted by Crippen LogP contribution is 2.43. The van der Waals surface area contributed by atoms with Crippen molar-refractivity contribution in [3.8, 4) is 0 Å². The number of rotatable bonds is 8. The average Bonchev–Trinajstić information content (AvgIpc) is 3.39. The molecule has 2 saturated heterocycles. The standard InChI is InChI=1S/C30H33NO6/c1-4-33-28(32)31-27-26-25(36-29(2,3)37-26)24(35-27)20-34-30(21-14-8-5-9-15-21,22-16-10-6-11-17-22)23-18-12-7-13-19-23/h5-19,24-27H,4,20H2,1-3H3,(H,31,32)/t24-,25-,26-,27?/m1/s1. The molecule has 0 bridgehead atoms. The van der Waals surface area contributed by atoms with Gasteiger partial charge in [0.2, 0.25) is 0 Å². The quantitative estimate of drug-likeness (QED) is 0.437. The molecule has 37 heavy (non-hydrogen) atoms. The van der Waals surface area contributed by atoms with Gasteiger partial charge in [-0.3, -0.25) is 5.32 Å².